The van der Waals surface area contributed by atoms with Gasteiger partial charge in [-0.1, -0.05) is 25.3 Å². The first-order chi connectivity index (χ1) is 7.20. The van der Waals surface area contributed by atoms with Gasteiger partial charge in [-0.15, -0.1) is 0 Å². The Kier molecular flexibility index (Phi) is 2.99. The Morgan fingerprint density at radius 3 is 2.40 bits per heavy atom. The first kappa shape index (κ1) is 10.5. The second kappa shape index (κ2) is 4.26. The highest BCUT2D eigenvalue weighted by Gasteiger charge is 2.20. The lowest BCUT2D eigenvalue weighted by atomic mass is 9.81. The smallest absolute Gasteiger partial charge is 0.119 e. The second-order valence-electron chi connectivity index (χ2n) is 4.78. The molecule has 0 atom stereocenters. The van der Waals surface area contributed by atoms with Crippen molar-refractivity contribution < 1.29 is 5.11 Å². The van der Waals surface area contributed by atoms with E-state index in [1.165, 1.54) is 48.8 Å². The van der Waals surface area contributed by atoms with Gasteiger partial charge in [-0.2, -0.15) is 0 Å². The average Bonchev–Trinajstić information content (AvgIpc) is 2.26. The number of phenols is 1. The highest BCUT2D eigenvalue weighted by Crippen LogP contribution is 2.39. The summed E-state index contributed by atoms with van der Waals surface area (Å²) in [7, 11) is 0. The summed E-state index contributed by atoms with van der Waals surface area (Å²) in [6.45, 7) is 4.26. The Labute approximate surface area is 92.1 Å². The monoisotopic (exact) mass is 204 g/mol. The molecule has 15 heavy (non-hydrogen) atoms. The summed E-state index contributed by atoms with van der Waals surface area (Å²) in [6, 6.07) is 3.86. The van der Waals surface area contributed by atoms with E-state index in [1.807, 2.05) is 12.1 Å². The molecule has 1 aromatic rings. The van der Waals surface area contributed by atoms with Gasteiger partial charge in [0.05, 0.1) is 0 Å². The zero-order valence-corrected chi connectivity index (χ0v) is 9.71. The molecule has 0 heterocycles. The van der Waals surface area contributed by atoms with Crippen molar-refractivity contribution in [1.82, 2.24) is 0 Å². The van der Waals surface area contributed by atoms with Crippen LogP contribution in [-0.4, -0.2) is 5.11 Å². The van der Waals surface area contributed by atoms with Gasteiger partial charge in [-0.3, -0.25) is 0 Å². The largest absolute Gasteiger partial charge is 0.508 e. The van der Waals surface area contributed by atoms with E-state index < -0.39 is 0 Å². The lowest BCUT2D eigenvalue weighted by Crippen LogP contribution is -2.07. The van der Waals surface area contributed by atoms with Crippen molar-refractivity contribution >= 4 is 0 Å². The fraction of sp³-hybridized carbons (Fsp3) is 0.571. The third-order valence-electron chi connectivity index (χ3n) is 3.78. The van der Waals surface area contributed by atoms with Gasteiger partial charge in [-0.25, -0.2) is 0 Å². The van der Waals surface area contributed by atoms with Crippen molar-refractivity contribution in [2.75, 3.05) is 0 Å². The van der Waals surface area contributed by atoms with E-state index >= 15 is 0 Å². The SMILES string of the molecule is Cc1ccc(O)c(C2CCCCC2)c1C. The number of aryl methyl sites for hydroxylation is 1. The zero-order valence-electron chi connectivity index (χ0n) is 9.71. The van der Waals surface area contributed by atoms with Gasteiger partial charge in [0.15, 0.2) is 0 Å². The maximum Gasteiger partial charge on any atom is 0.119 e. The Bertz CT molecular complexity index is 349. The minimum atomic E-state index is 0.505. The number of benzene rings is 1. The molecule has 0 radical (unpaired) electrons. The van der Waals surface area contributed by atoms with Crippen molar-refractivity contribution in [2.24, 2.45) is 0 Å². The normalized spacial score (nSPS) is 18.0. The molecular formula is C14H20O. The number of hydrogen-bond donors (Lipinski definition) is 1. The predicted molar refractivity (Wildman–Crippen MR) is 63.4 cm³/mol. The third kappa shape index (κ3) is 2.01. The summed E-state index contributed by atoms with van der Waals surface area (Å²) in [5, 5.41) is 9.97. The van der Waals surface area contributed by atoms with E-state index in [-0.39, 0.29) is 0 Å². The fourth-order valence-corrected chi connectivity index (χ4v) is 2.73. The molecule has 1 saturated carbocycles. The second-order valence-corrected chi connectivity index (χ2v) is 4.78. The van der Waals surface area contributed by atoms with Gasteiger partial charge in [-0.05, 0) is 49.8 Å². The van der Waals surface area contributed by atoms with Crippen LogP contribution < -0.4 is 0 Å². The van der Waals surface area contributed by atoms with Crippen LogP contribution in [0.5, 0.6) is 5.75 Å². The number of hydrogen-bond acceptors (Lipinski definition) is 1. The zero-order chi connectivity index (χ0) is 10.8. The van der Waals surface area contributed by atoms with E-state index in [2.05, 4.69) is 13.8 Å². The summed E-state index contributed by atoms with van der Waals surface area (Å²) in [5.41, 5.74) is 3.81. The van der Waals surface area contributed by atoms with Gasteiger partial charge < -0.3 is 5.11 Å². The molecule has 1 heteroatoms. The lowest BCUT2D eigenvalue weighted by molar-refractivity contribution is 0.412. The van der Waals surface area contributed by atoms with E-state index in [9.17, 15) is 5.11 Å². The highest BCUT2D eigenvalue weighted by molar-refractivity contribution is 5.45. The van der Waals surface area contributed by atoms with Crippen LogP contribution in [0.15, 0.2) is 12.1 Å². The van der Waals surface area contributed by atoms with Crippen molar-refractivity contribution in [3.05, 3.63) is 28.8 Å². The summed E-state index contributed by atoms with van der Waals surface area (Å²) in [6.07, 6.45) is 6.49. The van der Waals surface area contributed by atoms with Crippen LogP contribution in [0.4, 0.5) is 0 Å². The Hall–Kier alpha value is -0.980. The third-order valence-corrected chi connectivity index (χ3v) is 3.78. The molecule has 82 valence electrons. The standard InChI is InChI=1S/C14H20O/c1-10-8-9-13(15)14(11(10)2)12-6-4-3-5-7-12/h8-9,12,15H,3-7H2,1-2H3. The molecule has 1 nitrogen and oxygen atoms in total. The first-order valence-corrected chi connectivity index (χ1v) is 5.99. The van der Waals surface area contributed by atoms with Gasteiger partial charge in [0.25, 0.3) is 0 Å². The van der Waals surface area contributed by atoms with Crippen molar-refractivity contribution in [2.45, 2.75) is 51.9 Å². The van der Waals surface area contributed by atoms with Crippen LogP contribution in [0.1, 0.15) is 54.7 Å². The Morgan fingerprint density at radius 2 is 1.73 bits per heavy atom. The minimum absolute atomic E-state index is 0.505. The molecule has 0 spiro atoms. The van der Waals surface area contributed by atoms with Crippen LogP contribution in [0.2, 0.25) is 0 Å². The fourth-order valence-electron chi connectivity index (χ4n) is 2.73. The number of phenolic OH excluding ortho intramolecular Hbond substituents is 1. The average molecular weight is 204 g/mol. The van der Waals surface area contributed by atoms with Gasteiger partial charge in [0, 0.05) is 5.56 Å². The van der Waals surface area contributed by atoms with E-state index in [4.69, 9.17) is 0 Å². The molecule has 1 aliphatic rings. The molecule has 0 amide bonds. The van der Waals surface area contributed by atoms with Crippen LogP contribution in [0, 0.1) is 13.8 Å². The van der Waals surface area contributed by atoms with Crippen LogP contribution in [0.25, 0.3) is 0 Å². The molecule has 2 rings (SSSR count). The minimum Gasteiger partial charge on any atom is -0.508 e. The predicted octanol–water partition coefficient (Wildman–Crippen LogP) is 4.06. The summed E-state index contributed by atoms with van der Waals surface area (Å²) in [4.78, 5) is 0. The number of rotatable bonds is 1. The number of aromatic hydroxyl groups is 1. The van der Waals surface area contributed by atoms with E-state index in [1.54, 1.807) is 0 Å². The van der Waals surface area contributed by atoms with Crippen LogP contribution >= 0.6 is 0 Å². The van der Waals surface area contributed by atoms with Crippen molar-refractivity contribution in [1.29, 1.82) is 0 Å². The molecule has 0 bridgehead atoms. The van der Waals surface area contributed by atoms with Crippen molar-refractivity contribution in [3.63, 3.8) is 0 Å². The molecule has 0 unspecified atom stereocenters. The van der Waals surface area contributed by atoms with E-state index in [0.29, 0.717) is 11.7 Å². The Morgan fingerprint density at radius 1 is 1.07 bits per heavy atom. The summed E-state index contributed by atoms with van der Waals surface area (Å²) in [5.74, 6) is 1.10. The molecule has 0 aromatic heterocycles. The molecular weight excluding hydrogens is 184 g/mol. The van der Waals surface area contributed by atoms with Gasteiger partial charge in [0.2, 0.25) is 0 Å². The molecule has 0 aliphatic heterocycles. The lowest BCUT2D eigenvalue weighted by Gasteiger charge is -2.25. The topological polar surface area (TPSA) is 20.2 Å². The van der Waals surface area contributed by atoms with Crippen LogP contribution in [0.3, 0.4) is 0 Å². The maximum atomic E-state index is 9.97. The van der Waals surface area contributed by atoms with Gasteiger partial charge in [0.1, 0.15) is 5.75 Å². The van der Waals surface area contributed by atoms with Crippen molar-refractivity contribution in [3.8, 4) is 5.75 Å². The molecule has 1 fully saturated rings. The molecule has 1 N–H and O–H groups in total. The quantitative estimate of drug-likeness (QED) is 0.731. The summed E-state index contributed by atoms with van der Waals surface area (Å²) >= 11 is 0. The summed E-state index contributed by atoms with van der Waals surface area (Å²) < 4.78 is 0. The molecule has 1 aliphatic carbocycles. The van der Waals surface area contributed by atoms with Gasteiger partial charge >= 0.3 is 0 Å². The Balaban J connectivity index is 2.36. The van der Waals surface area contributed by atoms with E-state index in [0.717, 1.165) is 0 Å². The van der Waals surface area contributed by atoms with Crippen LogP contribution in [-0.2, 0) is 0 Å². The molecule has 0 saturated heterocycles. The maximum absolute atomic E-state index is 9.97. The molecule has 1 aromatic carbocycles. The first-order valence-electron chi connectivity index (χ1n) is 5.99. The highest BCUT2D eigenvalue weighted by atomic mass is 16.3.